The van der Waals surface area contributed by atoms with Gasteiger partial charge < -0.3 is 9.29 Å². The molecule has 26 heavy (non-hydrogen) atoms. The summed E-state index contributed by atoms with van der Waals surface area (Å²) < 4.78 is 38.8. The summed E-state index contributed by atoms with van der Waals surface area (Å²) in [5, 5.41) is 0. The van der Waals surface area contributed by atoms with Crippen molar-refractivity contribution >= 4 is 10.1 Å². The molecule has 0 radical (unpaired) electrons. The van der Waals surface area contributed by atoms with Crippen LogP contribution in [0.4, 0.5) is 0 Å². The minimum atomic E-state index is -4.43. The van der Waals surface area contributed by atoms with Crippen molar-refractivity contribution in [1.29, 1.82) is 0 Å². The van der Waals surface area contributed by atoms with E-state index in [1.54, 1.807) is 0 Å². The molecular formula is C20H25KO4S. The van der Waals surface area contributed by atoms with Gasteiger partial charge in [-0.2, -0.15) is 0 Å². The van der Waals surface area contributed by atoms with Crippen molar-refractivity contribution in [1.82, 2.24) is 0 Å². The fraction of sp³-hybridized carbons (Fsp3) is 0.400. The Labute approximate surface area is 199 Å². The number of ether oxygens (including phenoxy) is 1. The summed E-state index contributed by atoms with van der Waals surface area (Å²) in [4.78, 5) is -0.250. The van der Waals surface area contributed by atoms with Gasteiger partial charge in [-0.3, -0.25) is 0 Å². The molecular weight excluding hydrogens is 375 g/mol. The van der Waals surface area contributed by atoms with E-state index >= 15 is 0 Å². The maximum atomic E-state index is 11.0. The quantitative estimate of drug-likeness (QED) is 0.349. The SMILES string of the molecule is CCCCCCCCc1ccccc1Oc1ccc(S(=O)(=O)[O-])cc1.[K+]. The molecule has 0 N–H and O–H groups in total. The average Bonchev–Trinajstić information content (AvgIpc) is 2.59. The Morgan fingerprint density at radius 2 is 1.50 bits per heavy atom. The van der Waals surface area contributed by atoms with Gasteiger partial charge in [0.2, 0.25) is 0 Å². The number of para-hydroxylation sites is 1. The van der Waals surface area contributed by atoms with Crippen LogP contribution in [0.2, 0.25) is 0 Å². The van der Waals surface area contributed by atoms with Crippen molar-refractivity contribution in [3.05, 3.63) is 54.1 Å². The molecule has 6 heteroatoms. The average molecular weight is 401 g/mol. The van der Waals surface area contributed by atoms with E-state index in [9.17, 15) is 13.0 Å². The van der Waals surface area contributed by atoms with Crippen molar-refractivity contribution in [2.45, 2.75) is 56.8 Å². The van der Waals surface area contributed by atoms with E-state index in [2.05, 4.69) is 13.0 Å². The van der Waals surface area contributed by atoms with Gasteiger partial charge in [0.25, 0.3) is 0 Å². The standard InChI is InChI=1S/C20H26O4S.K/c1-2-3-4-5-6-7-10-17-11-8-9-12-20(17)24-18-13-15-19(16-14-18)25(21,22)23;/h8-9,11-16H,2-7,10H2,1H3,(H,21,22,23);/q;+1/p-1. The predicted molar refractivity (Wildman–Crippen MR) is 98.0 cm³/mol. The Bertz CT molecular complexity index is 758. The van der Waals surface area contributed by atoms with Gasteiger partial charge in [-0.05, 0) is 48.7 Å². The Kier molecular flexibility index (Phi) is 11.3. The molecule has 0 fully saturated rings. The molecule has 0 aliphatic rings. The molecule has 0 saturated carbocycles. The third-order valence-electron chi connectivity index (χ3n) is 4.11. The maximum Gasteiger partial charge on any atom is 1.00 e. The van der Waals surface area contributed by atoms with E-state index < -0.39 is 10.1 Å². The Balaban J connectivity index is 0.00000338. The summed E-state index contributed by atoms with van der Waals surface area (Å²) in [6.45, 7) is 2.21. The van der Waals surface area contributed by atoms with Crippen LogP contribution in [0.5, 0.6) is 11.5 Å². The van der Waals surface area contributed by atoms with Crippen LogP contribution >= 0.6 is 0 Å². The molecule has 2 aromatic carbocycles. The first-order valence-corrected chi connectivity index (χ1v) is 10.2. The monoisotopic (exact) mass is 400 g/mol. The number of benzene rings is 2. The Morgan fingerprint density at radius 3 is 2.15 bits per heavy atom. The first-order valence-electron chi connectivity index (χ1n) is 8.82. The Hall–Kier alpha value is -0.214. The summed E-state index contributed by atoms with van der Waals surface area (Å²) in [7, 11) is -4.43. The van der Waals surface area contributed by atoms with Gasteiger partial charge in [-0.25, -0.2) is 8.42 Å². The van der Waals surface area contributed by atoms with Crippen LogP contribution in [-0.4, -0.2) is 13.0 Å². The van der Waals surface area contributed by atoms with Crippen molar-refractivity contribution in [3.8, 4) is 11.5 Å². The van der Waals surface area contributed by atoms with Gasteiger partial charge in [0.15, 0.2) is 0 Å². The van der Waals surface area contributed by atoms with E-state index in [4.69, 9.17) is 4.74 Å². The van der Waals surface area contributed by atoms with Crippen LogP contribution in [0.15, 0.2) is 53.4 Å². The zero-order valence-electron chi connectivity index (χ0n) is 15.6. The van der Waals surface area contributed by atoms with Crippen molar-refractivity contribution < 1.29 is 69.1 Å². The normalized spacial score (nSPS) is 11.0. The summed E-state index contributed by atoms with van der Waals surface area (Å²) in [6, 6.07) is 13.4. The minimum absolute atomic E-state index is 0. The van der Waals surface area contributed by atoms with Gasteiger partial charge in [-0.15, -0.1) is 0 Å². The molecule has 4 nitrogen and oxygen atoms in total. The van der Waals surface area contributed by atoms with Gasteiger partial charge in [0.05, 0.1) is 4.90 Å². The fourth-order valence-corrected chi connectivity index (χ4v) is 3.18. The summed E-state index contributed by atoms with van der Waals surface area (Å²) in [5.41, 5.74) is 1.14. The van der Waals surface area contributed by atoms with Crippen LogP contribution in [0.3, 0.4) is 0 Å². The summed E-state index contributed by atoms with van der Waals surface area (Å²) >= 11 is 0. The third kappa shape index (κ3) is 8.21. The number of hydrogen-bond donors (Lipinski definition) is 0. The molecule has 2 rings (SSSR count). The molecule has 136 valence electrons. The molecule has 0 saturated heterocycles. The second-order valence-electron chi connectivity index (χ2n) is 6.15. The molecule has 0 atom stereocenters. The van der Waals surface area contributed by atoms with E-state index in [0.29, 0.717) is 5.75 Å². The number of rotatable bonds is 10. The van der Waals surface area contributed by atoms with E-state index in [0.717, 1.165) is 24.2 Å². The molecule has 0 aliphatic heterocycles. The second kappa shape index (κ2) is 12.3. The second-order valence-corrected chi connectivity index (χ2v) is 7.53. The van der Waals surface area contributed by atoms with Crippen molar-refractivity contribution in [2.75, 3.05) is 0 Å². The summed E-state index contributed by atoms with van der Waals surface area (Å²) in [6.07, 6.45) is 8.40. The molecule has 0 unspecified atom stereocenters. The zero-order chi connectivity index (χ0) is 18.1. The van der Waals surface area contributed by atoms with Gasteiger partial charge in [0.1, 0.15) is 21.6 Å². The van der Waals surface area contributed by atoms with Crippen molar-refractivity contribution in [2.24, 2.45) is 0 Å². The molecule has 0 bridgehead atoms. The molecule has 0 spiro atoms. The number of hydrogen-bond acceptors (Lipinski definition) is 4. The topological polar surface area (TPSA) is 66.4 Å². The molecule has 0 aromatic heterocycles. The fourth-order valence-electron chi connectivity index (χ4n) is 2.71. The van der Waals surface area contributed by atoms with E-state index in [1.165, 1.54) is 56.4 Å². The molecule has 0 aliphatic carbocycles. The minimum Gasteiger partial charge on any atom is -0.744 e. The predicted octanol–water partition coefficient (Wildman–Crippen LogP) is 2.29. The first kappa shape index (κ1) is 23.8. The van der Waals surface area contributed by atoms with Gasteiger partial charge in [-0.1, -0.05) is 57.2 Å². The third-order valence-corrected chi connectivity index (χ3v) is 4.96. The van der Waals surface area contributed by atoms with Crippen LogP contribution in [0.25, 0.3) is 0 Å². The maximum absolute atomic E-state index is 11.0. The largest absolute Gasteiger partial charge is 1.00 e. The molecule has 2 aromatic rings. The number of aryl methyl sites for hydroxylation is 1. The van der Waals surface area contributed by atoms with Crippen LogP contribution in [0.1, 0.15) is 51.0 Å². The first-order chi connectivity index (χ1) is 12.0. The molecule has 0 amide bonds. The van der Waals surface area contributed by atoms with Gasteiger partial charge >= 0.3 is 51.4 Å². The van der Waals surface area contributed by atoms with E-state index in [1.807, 2.05) is 18.2 Å². The van der Waals surface area contributed by atoms with E-state index in [-0.39, 0.29) is 56.3 Å². The van der Waals surface area contributed by atoms with Gasteiger partial charge in [0, 0.05) is 0 Å². The van der Waals surface area contributed by atoms with Crippen LogP contribution in [-0.2, 0) is 16.5 Å². The Morgan fingerprint density at radius 1 is 0.885 bits per heavy atom. The number of unbranched alkanes of at least 4 members (excludes halogenated alkanes) is 5. The summed E-state index contributed by atoms with van der Waals surface area (Å²) in [5.74, 6) is 1.29. The smallest absolute Gasteiger partial charge is 0.744 e. The van der Waals surface area contributed by atoms with Crippen LogP contribution in [0, 0.1) is 0 Å². The van der Waals surface area contributed by atoms with Crippen LogP contribution < -0.4 is 56.1 Å². The molecule has 0 heterocycles. The zero-order valence-corrected chi connectivity index (χ0v) is 19.5. The van der Waals surface area contributed by atoms with Crippen molar-refractivity contribution in [3.63, 3.8) is 0 Å².